The van der Waals surface area contributed by atoms with Gasteiger partial charge in [0.1, 0.15) is 0 Å². The number of hydrogen-bond donors (Lipinski definition) is 0. The molecule has 5 heteroatoms. The van der Waals surface area contributed by atoms with Crippen LogP contribution in [0.2, 0.25) is 0 Å². The topological polar surface area (TPSA) is 55.5 Å². The van der Waals surface area contributed by atoms with Gasteiger partial charge in [0.05, 0.1) is 16.3 Å². The third kappa shape index (κ3) is 5.69. The second kappa shape index (κ2) is 14.9. The average molecular weight is 923 g/mol. The maximum atomic E-state index is 13.1. The summed E-state index contributed by atoms with van der Waals surface area (Å²) in [4.78, 5) is 28.7. The Bertz CT molecular complexity index is 4170. The minimum Gasteiger partial charge on any atom is -0.386 e. The highest BCUT2D eigenvalue weighted by atomic mass is 16.4. The van der Waals surface area contributed by atoms with E-state index >= 15 is 0 Å². The summed E-state index contributed by atoms with van der Waals surface area (Å²) in [5.41, 5.74) is 15.0. The molecule has 14 rings (SSSR count). The molecule has 2 aliphatic carbocycles. The van der Waals surface area contributed by atoms with E-state index in [1.165, 1.54) is 96.3 Å². The molecule has 0 spiro atoms. The molecular formula is C66H54N2O3. The van der Waals surface area contributed by atoms with E-state index in [2.05, 4.69) is 191 Å². The van der Waals surface area contributed by atoms with Crippen molar-refractivity contribution in [2.75, 3.05) is 4.90 Å². The molecule has 0 saturated heterocycles. The van der Waals surface area contributed by atoms with Gasteiger partial charge in [-0.05, 0) is 144 Å². The highest BCUT2D eigenvalue weighted by molar-refractivity contribution is 6.40. The first-order chi connectivity index (χ1) is 34.5. The van der Waals surface area contributed by atoms with E-state index in [4.69, 9.17) is 4.42 Å². The number of unbranched alkanes of at least 4 members (excludes halogenated alkanes) is 1. The van der Waals surface area contributed by atoms with E-state index in [1.54, 1.807) is 0 Å². The van der Waals surface area contributed by atoms with Crippen LogP contribution in [0.4, 0.5) is 17.1 Å². The minimum atomic E-state index is -0.586. The first-order valence-corrected chi connectivity index (χ1v) is 25.7. The van der Waals surface area contributed by atoms with Gasteiger partial charge in [0.25, 0.3) is 0 Å². The maximum absolute atomic E-state index is 13.1. The molecule has 346 valence electrons. The van der Waals surface area contributed by atoms with Gasteiger partial charge < -0.3 is 13.9 Å². The zero-order chi connectivity index (χ0) is 48.2. The van der Waals surface area contributed by atoms with E-state index in [0.717, 1.165) is 57.0 Å². The highest BCUT2D eigenvalue weighted by Gasteiger charge is 2.38. The first-order valence-electron chi connectivity index (χ1n) is 25.7. The number of anilines is 3. The average Bonchev–Trinajstić information content (AvgIpc) is 3.76. The van der Waals surface area contributed by atoms with Gasteiger partial charge in [0.15, 0.2) is 0 Å². The molecule has 0 radical (unpaired) electrons. The van der Waals surface area contributed by atoms with Crippen molar-refractivity contribution in [1.29, 1.82) is 0 Å². The third-order valence-electron chi connectivity index (χ3n) is 17.3. The van der Waals surface area contributed by atoms with Crippen LogP contribution in [0.3, 0.4) is 0 Å². The highest BCUT2D eigenvalue weighted by Crippen LogP contribution is 2.54. The van der Waals surface area contributed by atoms with Crippen molar-refractivity contribution in [2.45, 2.75) is 84.6 Å². The third-order valence-corrected chi connectivity index (χ3v) is 17.3. The number of fused-ring (bicyclic) bond motifs is 10. The quantitative estimate of drug-likeness (QED) is 0.107. The molecule has 2 aliphatic rings. The molecule has 10 aromatic carbocycles. The molecule has 0 bridgehead atoms. The van der Waals surface area contributed by atoms with Crippen LogP contribution in [0.5, 0.6) is 0 Å². The lowest BCUT2D eigenvalue weighted by Gasteiger charge is -2.30. The smallest absolute Gasteiger partial charge is 0.346 e. The summed E-state index contributed by atoms with van der Waals surface area (Å²) in [7, 11) is 0. The number of benzene rings is 10. The molecule has 1 unspecified atom stereocenters. The molecule has 0 fully saturated rings. The zero-order valence-corrected chi connectivity index (χ0v) is 41.2. The number of aromatic nitrogens is 1. The van der Waals surface area contributed by atoms with Crippen molar-refractivity contribution < 1.29 is 4.42 Å². The summed E-state index contributed by atoms with van der Waals surface area (Å²) < 4.78 is 7.83. The van der Waals surface area contributed by atoms with Crippen LogP contribution in [0, 0.1) is 5.92 Å². The lowest BCUT2D eigenvalue weighted by molar-refractivity contribution is 0.400. The molecule has 0 amide bonds. The second-order valence-corrected chi connectivity index (χ2v) is 21.7. The standard InChI is InChI=1S/C66H54N2O3/c1-7-9-14-37(8-2)36-67-57-32-31-50-48-28-30-52-61-51(63(69)71-64(52)70)29-27-47(59(48)61)49-26-25-46(62(57)60(49)50)45-24-21-40(35-58(45)67)68(38-19-22-43-41-15-10-12-17-53(41)65(3,4)55(43)33-38)39-20-23-44-42-16-11-13-18-54(42)66(5,6)56(44)34-39/h10-13,15-35,37H,7-9,14,36H2,1-6H3. The van der Waals surface area contributed by atoms with Gasteiger partial charge in [0.2, 0.25) is 0 Å². The van der Waals surface area contributed by atoms with Crippen LogP contribution >= 0.6 is 0 Å². The number of hydrogen-bond acceptors (Lipinski definition) is 4. The van der Waals surface area contributed by atoms with E-state index in [-0.39, 0.29) is 10.8 Å². The summed E-state index contributed by atoms with van der Waals surface area (Å²) in [5, 5.41) is 11.7. The Labute approximate surface area is 412 Å². The van der Waals surface area contributed by atoms with E-state index in [1.807, 2.05) is 12.1 Å². The van der Waals surface area contributed by atoms with Crippen molar-refractivity contribution >= 4 is 92.7 Å². The molecule has 71 heavy (non-hydrogen) atoms. The van der Waals surface area contributed by atoms with Crippen molar-refractivity contribution in [2.24, 2.45) is 5.92 Å². The van der Waals surface area contributed by atoms with Gasteiger partial charge in [-0.2, -0.15) is 0 Å². The van der Waals surface area contributed by atoms with Crippen LogP contribution in [0.25, 0.3) is 97.9 Å². The Morgan fingerprint density at radius 3 is 1.45 bits per heavy atom. The van der Waals surface area contributed by atoms with Crippen molar-refractivity contribution in [1.82, 2.24) is 4.57 Å². The largest absolute Gasteiger partial charge is 0.386 e. The summed E-state index contributed by atoms with van der Waals surface area (Å²) in [6, 6.07) is 56.3. The molecule has 2 heterocycles. The van der Waals surface area contributed by atoms with Crippen LogP contribution < -0.4 is 16.2 Å². The summed E-state index contributed by atoms with van der Waals surface area (Å²) in [6.07, 6.45) is 4.62. The van der Waals surface area contributed by atoms with Gasteiger partial charge >= 0.3 is 11.3 Å². The molecule has 0 N–H and O–H groups in total. The maximum Gasteiger partial charge on any atom is 0.346 e. The predicted molar refractivity (Wildman–Crippen MR) is 297 cm³/mol. The van der Waals surface area contributed by atoms with Gasteiger partial charge in [0, 0.05) is 61.5 Å². The fourth-order valence-electron chi connectivity index (χ4n) is 13.6. The summed E-state index contributed by atoms with van der Waals surface area (Å²) in [5.74, 6) is 0.491. The van der Waals surface area contributed by atoms with Gasteiger partial charge in [-0.3, -0.25) is 0 Å². The van der Waals surface area contributed by atoms with Crippen LogP contribution in [0.15, 0.2) is 166 Å². The van der Waals surface area contributed by atoms with Crippen molar-refractivity contribution in [3.8, 4) is 22.3 Å². The van der Waals surface area contributed by atoms with E-state index in [0.29, 0.717) is 22.1 Å². The van der Waals surface area contributed by atoms with E-state index in [9.17, 15) is 9.59 Å². The fourth-order valence-corrected chi connectivity index (χ4v) is 13.6. The lowest BCUT2D eigenvalue weighted by Crippen LogP contribution is -2.18. The SMILES string of the molecule is CCCCC(CC)Cn1c2cc(N(c3ccc4c(c3)C(C)(C)c3ccccc3-4)c3ccc4c(c3)C(C)(C)c3ccccc3-4)ccc2c2ccc3c4ccc5c(=O)oc(=O)c6ccc(c7ccc1c2c37)c4c56. The van der Waals surface area contributed by atoms with E-state index < -0.39 is 11.3 Å². The number of nitrogens with zero attached hydrogens (tertiary/aromatic N) is 2. The normalized spacial score (nSPS) is 14.9. The Morgan fingerprint density at radius 1 is 0.465 bits per heavy atom. The first kappa shape index (κ1) is 42.1. The minimum absolute atomic E-state index is 0.159. The van der Waals surface area contributed by atoms with Crippen LogP contribution in [-0.4, -0.2) is 4.57 Å². The lowest BCUT2D eigenvalue weighted by atomic mass is 9.82. The predicted octanol–water partition coefficient (Wildman–Crippen LogP) is 17.0. The van der Waals surface area contributed by atoms with Crippen molar-refractivity contribution in [3.63, 3.8) is 0 Å². The summed E-state index contributed by atoms with van der Waals surface area (Å²) >= 11 is 0. The Morgan fingerprint density at radius 2 is 0.901 bits per heavy atom. The molecule has 0 aliphatic heterocycles. The Hall–Kier alpha value is -7.76. The van der Waals surface area contributed by atoms with Crippen LogP contribution in [0.1, 0.15) is 89.5 Å². The van der Waals surface area contributed by atoms with Gasteiger partial charge in [-0.25, -0.2) is 9.59 Å². The molecule has 0 saturated carbocycles. The fraction of sp³-hybridized carbons (Fsp3) is 0.212. The number of rotatable bonds is 9. The zero-order valence-electron chi connectivity index (χ0n) is 41.2. The molecule has 12 aromatic rings. The number of pyridine rings is 1. The van der Waals surface area contributed by atoms with Gasteiger partial charge in [-0.15, -0.1) is 0 Å². The second-order valence-electron chi connectivity index (χ2n) is 21.7. The summed E-state index contributed by atoms with van der Waals surface area (Å²) in [6.45, 7) is 15.0. The van der Waals surface area contributed by atoms with Crippen molar-refractivity contribution in [3.05, 3.63) is 195 Å². The molecule has 5 nitrogen and oxygen atoms in total. The molecular weight excluding hydrogens is 869 g/mol. The van der Waals surface area contributed by atoms with Gasteiger partial charge in [-0.1, -0.05) is 158 Å². The Kier molecular flexibility index (Phi) is 8.83. The van der Waals surface area contributed by atoms with Crippen LogP contribution in [-0.2, 0) is 17.4 Å². The molecule has 1 atom stereocenters. The monoisotopic (exact) mass is 922 g/mol. The Balaban J connectivity index is 1.04. The molecule has 2 aromatic heterocycles.